The van der Waals surface area contributed by atoms with Gasteiger partial charge >= 0.3 is 0 Å². The monoisotopic (exact) mass is 156 g/mol. The first-order chi connectivity index (χ1) is 4.70. The van der Waals surface area contributed by atoms with Crippen molar-refractivity contribution in [3.63, 3.8) is 0 Å². The van der Waals surface area contributed by atoms with Gasteiger partial charge in [0, 0.05) is 6.07 Å². The van der Waals surface area contributed by atoms with Crippen molar-refractivity contribution in [2.45, 2.75) is 0 Å². The summed E-state index contributed by atoms with van der Waals surface area (Å²) in [5.41, 5.74) is 6.64. The van der Waals surface area contributed by atoms with E-state index in [4.69, 9.17) is 17.3 Å². The van der Waals surface area contributed by atoms with Gasteiger partial charge in [-0.3, -0.25) is 10.5 Å². The Morgan fingerprint density at radius 2 is 2.30 bits per heavy atom. The van der Waals surface area contributed by atoms with Crippen molar-refractivity contribution in [1.29, 1.82) is 0 Å². The van der Waals surface area contributed by atoms with Crippen LogP contribution in [-0.2, 0) is 0 Å². The Balaban J connectivity index is 3.07. The van der Waals surface area contributed by atoms with Gasteiger partial charge in [-0.25, -0.2) is 9.97 Å². The quantitative estimate of drug-likeness (QED) is 0.558. The Morgan fingerprint density at radius 1 is 1.60 bits per heavy atom. The minimum atomic E-state index is -0.857. The molecular weight excluding hydrogens is 154 g/mol. The number of aromatic nitrogens is 2. The molecule has 5 heteroatoms. The normalized spacial score (nSPS) is 9.30. The van der Waals surface area contributed by atoms with Gasteiger partial charge in [0.05, 0.1) is 0 Å². The molecule has 0 unspecified atom stereocenters. The standard InChI is InChI=1S/C5H3ClN3O/c6-4-1-3(5(7)10)8-2-9-4/h1-2,7H. The number of halogens is 1. The first kappa shape index (κ1) is 6.95. The highest BCUT2D eigenvalue weighted by Gasteiger charge is 2.01. The Hall–Kier alpha value is -1.16. The van der Waals surface area contributed by atoms with Crippen LogP contribution in [0, 0.1) is 0 Å². The van der Waals surface area contributed by atoms with Crippen LogP contribution in [0.5, 0.6) is 0 Å². The summed E-state index contributed by atoms with van der Waals surface area (Å²) >= 11 is 5.40. The average molecular weight is 157 g/mol. The van der Waals surface area contributed by atoms with E-state index in [9.17, 15) is 4.79 Å². The predicted octanol–water partition coefficient (Wildman–Crippen LogP) is 0.553. The van der Waals surface area contributed by atoms with Crippen molar-refractivity contribution in [3.8, 4) is 0 Å². The molecule has 1 amide bonds. The zero-order valence-electron chi connectivity index (χ0n) is 4.84. The van der Waals surface area contributed by atoms with E-state index in [2.05, 4.69) is 9.97 Å². The SMILES string of the molecule is [NH]C(=O)c1cc(Cl)ncn1. The number of nitrogens with one attached hydrogen (secondary N) is 1. The summed E-state index contributed by atoms with van der Waals surface area (Å²) < 4.78 is 0. The molecule has 1 aromatic heterocycles. The molecular formula is C5H3ClN3O. The topological polar surface area (TPSA) is 66.7 Å². The van der Waals surface area contributed by atoms with E-state index in [0.717, 1.165) is 6.33 Å². The fourth-order valence-corrected chi connectivity index (χ4v) is 0.605. The second-order valence-electron chi connectivity index (χ2n) is 1.56. The largest absolute Gasteiger partial charge is 0.288 e. The molecule has 0 bridgehead atoms. The van der Waals surface area contributed by atoms with Crippen LogP contribution < -0.4 is 5.73 Å². The molecule has 4 nitrogen and oxygen atoms in total. The molecule has 10 heavy (non-hydrogen) atoms. The van der Waals surface area contributed by atoms with Gasteiger partial charge in [-0.15, -0.1) is 0 Å². The molecule has 1 heterocycles. The predicted molar refractivity (Wildman–Crippen MR) is 34.5 cm³/mol. The minimum absolute atomic E-state index is 0.0139. The van der Waals surface area contributed by atoms with Crippen molar-refractivity contribution in [2.75, 3.05) is 0 Å². The molecule has 0 aliphatic carbocycles. The molecule has 1 aromatic rings. The molecule has 1 N–H and O–H groups in total. The fourth-order valence-electron chi connectivity index (χ4n) is 0.458. The van der Waals surface area contributed by atoms with Crippen molar-refractivity contribution >= 4 is 17.5 Å². The van der Waals surface area contributed by atoms with Crippen LogP contribution in [0.4, 0.5) is 0 Å². The van der Waals surface area contributed by atoms with Crippen molar-refractivity contribution in [3.05, 3.63) is 23.2 Å². The molecule has 1 radical (unpaired) electrons. The maximum Gasteiger partial charge on any atom is 0.288 e. The molecule has 0 fully saturated rings. The van der Waals surface area contributed by atoms with Crippen molar-refractivity contribution < 1.29 is 4.79 Å². The van der Waals surface area contributed by atoms with Crippen LogP contribution in [0.1, 0.15) is 10.5 Å². The lowest BCUT2D eigenvalue weighted by Gasteiger charge is -1.90. The number of hydrogen-bond acceptors (Lipinski definition) is 3. The van der Waals surface area contributed by atoms with Crippen molar-refractivity contribution in [1.82, 2.24) is 15.7 Å². The van der Waals surface area contributed by atoms with Crippen LogP contribution in [0.25, 0.3) is 0 Å². The molecule has 0 atom stereocenters. The zero-order chi connectivity index (χ0) is 7.56. The van der Waals surface area contributed by atoms with E-state index >= 15 is 0 Å². The summed E-state index contributed by atoms with van der Waals surface area (Å²) in [6, 6.07) is 1.25. The molecule has 0 aliphatic rings. The first-order valence-electron chi connectivity index (χ1n) is 2.43. The number of hydrogen-bond donors (Lipinski definition) is 0. The van der Waals surface area contributed by atoms with E-state index in [1.807, 2.05) is 0 Å². The van der Waals surface area contributed by atoms with Gasteiger partial charge in [0.2, 0.25) is 0 Å². The lowest BCUT2D eigenvalue weighted by molar-refractivity contribution is 0.0987. The summed E-state index contributed by atoms with van der Waals surface area (Å²) in [4.78, 5) is 17.4. The Kier molecular flexibility index (Phi) is 1.82. The van der Waals surface area contributed by atoms with E-state index in [-0.39, 0.29) is 10.8 Å². The number of amides is 1. The summed E-state index contributed by atoms with van der Waals surface area (Å²) in [7, 11) is 0. The summed E-state index contributed by atoms with van der Waals surface area (Å²) in [5, 5.41) is 0.172. The minimum Gasteiger partial charge on any atom is -0.266 e. The van der Waals surface area contributed by atoms with Gasteiger partial charge in [0.1, 0.15) is 17.2 Å². The summed E-state index contributed by atoms with van der Waals surface area (Å²) in [5.74, 6) is -0.857. The summed E-state index contributed by atoms with van der Waals surface area (Å²) in [6.45, 7) is 0. The van der Waals surface area contributed by atoms with E-state index in [1.165, 1.54) is 6.07 Å². The number of carbonyl (C=O) groups is 1. The van der Waals surface area contributed by atoms with Crippen LogP contribution in [0.3, 0.4) is 0 Å². The third-order valence-electron chi connectivity index (χ3n) is 0.866. The van der Waals surface area contributed by atoms with Crippen LogP contribution in [0.2, 0.25) is 5.15 Å². The Labute approximate surface area is 62.0 Å². The van der Waals surface area contributed by atoms with Gasteiger partial charge < -0.3 is 0 Å². The molecule has 51 valence electrons. The highest BCUT2D eigenvalue weighted by Crippen LogP contribution is 2.02. The van der Waals surface area contributed by atoms with E-state index < -0.39 is 5.91 Å². The van der Waals surface area contributed by atoms with Crippen LogP contribution in [0.15, 0.2) is 12.4 Å². The Morgan fingerprint density at radius 3 is 2.70 bits per heavy atom. The van der Waals surface area contributed by atoms with Gasteiger partial charge in [0.25, 0.3) is 5.91 Å². The molecule has 1 rings (SSSR count). The second kappa shape index (κ2) is 2.62. The summed E-state index contributed by atoms with van der Waals surface area (Å²) in [6.07, 6.45) is 1.14. The number of rotatable bonds is 1. The maximum absolute atomic E-state index is 10.3. The van der Waals surface area contributed by atoms with E-state index in [0.29, 0.717) is 0 Å². The maximum atomic E-state index is 10.3. The fraction of sp³-hybridized carbons (Fsp3) is 0. The third-order valence-corrected chi connectivity index (χ3v) is 1.07. The number of nitrogens with zero attached hydrogens (tertiary/aromatic N) is 2. The average Bonchev–Trinajstić information content (AvgIpc) is 1.88. The second-order valence-corrected chi connectivity index (χ2v) is 1.94. The lowest BCUT2D eigenvalue weighted by atomic mass is 10.4. The van der Waals surface area contributed by atoms with Gasteiger partial charge in [-0.1, -0.05) is 11.6 Å². The van der Waals surface area contributed by atoms with Gasteiger partial charge in [0.15, 0.2) is 0 Å². The smallest absolute Gasteiger partial charge is 0.266 e. The van der Waals surface area contributed by atoms with Crippen LogP contribution in [-0.4, -0.2) is 15.9 Å². The van der Waals surface area contributed by atoms with Gasteiger partial charge in [-0.2, -0.15) is 0 Å². The van der Waals surface area contributed by atoms with E-state index in [1.54, 1.807) is 0 Å². The molecule has 0 saturated carbocycles. The van der Waals surface area contributed by atoms with Crippen LogP contribution >= 0.6 is 11.6 Å². The zero-order valence-corrected chi connectivity index (χ0v) is 5.59. The highest BCUT2D eigenvalue weighted by atomic mass is 35.5. The van der Waals surface area contributed by atoms with Gasteiger partial charge in [-0.05, 0) is 0 Å². The third kappa shape index (κ3) is 1.41. The Bertz CT molecular complexity index is 263. The molecule has 0 aromatic carbocycles. The molecule has 0 saturated heterocycles. The highest BCUT2D eigenvalue weighted by molar-refractivity contribution is 6.29. The molecule has 0 spiro atoms. The number of carbonyl (C=O) groups excluding carboxylic acids is 1. The first-order valence-corrected chi connectivity index (χ1v) is 2.81. The lowest BCUT2D eigenvalue weighted by Crippen LogP contribution is -2.01. The van der Waals surface area contributed by atoms with Crippen molar-refractivity contribution in [2.24, 2.45) is 0 Å². The molecule has 0 aliphatic heterocycles.